The van der Waals surface area contributed by atoms with Crippen molar-refractivity contribution in [2.45, 2.75) is 103 Å². The van der Waals surface area contributed by atoms with E-state index in [9.17, 15) is 9.59 Å². The molecule has 0 fully saturated rings. The zero-order valence-electron chi connectivity index (χ0n) is 21.2. The van der Waals surface area contributed by atoms with E-state index in [0.29, 0.717) is 17.7 Å². The Morgan fingerprint density at radius 1 is 0.676 bits per heavy atom. The van der Waals surface area contributed by atoms with E-state index in [4.69, 9.17) is 5.73 Å². The summed E-state index contributed by atoms with van der Waals surface area (Å²) in [7, 11) is 0. The summed E-state index contributed by atoms with van der Waals surface area (Å²) < 4.78 is 0. The summed E-state index contributed by atoms with van der Waals surface area (Å²) in [5, 5.41) is 1.95. The molecule has 0 atom stereocenters. The number of unbranched alkanes of at least 4 members (excludes halogenated alkanes) is 12. The quantitative estimate of drug-likeness (QED) is 0.196. The Bertz CT molecular complexity index is 915. The number of carbonyl (C=O) groups is 2. The number of hydrogen-bond donors (Lipinski definition) is 1. The lowest BCUT2D eigenvalue weighted by molar-refractivity contribution is 0.0607. The predicted octanol–water partition coefficient (Wildman–Crippen LogP) is 7.42. The second-order valence-corrected chi connectivity index (χ2v) is 9.90. The van der Waals surface area contributed by atoms with Gasteiger partial charge >= 0.3 is 0 Å². The molecule has 1 aliphatic heterocycles. The van der Waals surface area contributed by atoms with Crippen molar-refractivity contribution in [3.05, 3.63) is 47.0 Å². The van der Waals surface area contributed by atoms with E-state index in [-0.39, 0.29) is 11.8 Å². The van der Waals surface area contributed by atoms with Crippen LogP contribution in [0.2, 0.25) is 0 Å². The van der Waals surface area contributed by atoms with Crippen LogP contribution in [0.25, 0.3) is 10.8 Å². The fourth-order valence-electron chi connectivity index (χ4n) is 5.20. The van der Waals surface area contributed by atoms with E-state index >= 15 is 0 Å². The molecule has 3 rings (SSSR count). The van der Waals surface area contributed by atoms with Gasteiger partial charge in [0.15, 0.2) is 0 Å². The summed E-state index contributed by atoms with van der Waals surface area (Å²) in [6.07, 6.45) is 17.8. The minimum Gasteiger partial charge on any atom is -0.330 e. The highest BCUT2D eigenvalue weighted by Crippen LogP contribution is 2.33. The molecule has 2 amide bonds. The summed E-state index contributed by atoms with van der Waals surface area (Å²) in [4.78, 5) is 27.9. The van der Waals surface area contributed by atoms with E-state index in [0.717, 1.165) is 49.4 Å². The monoisotopic (exact) mass is 464 g/mol. The maximum absolute atomic E-state index is 13.2. The third-order valence-electron chi connectivity index (χ3n) is 7.22. The van der Waals surface area contributed by atoms with E-state index in [2.05, 4.69) is 19.1 Å². The minimum atomic E-state index is -0.122. The second-order valence-electron chi connectivity index (χ2n) is 9.90. The number of nitrogens with zero attached hydrogens (tertiary/aromatic N) is 1. The number of imide groups is 1. The maximum atomic E-state index is 13.2. The molecular weight excluding hydrogens is 420 g/mol. The molecule has 1 heterocycles. The van der Waals surface area contributed by atoms with Crippen LogP contribution in [0.4, 0.5) is 0 Å². The van der Waals surface area contributed by atoms with Crippen LogP contribution in [0.15, 0.2) is 30.3 Å². The molecule has 0 aromatic heterocycles. The van der Waals surface area contributed by atoms with Crippen molar-refractivity contribution in [1.82, 2.24) is 4.90 Å². The van der Waals surface area contributed by atoms with Gasteiger partial charge in [0.25, 0.3) is 11.8 Å². The van der Waals surface area contributed by atoms with E-state index in [1.165, 1.54) is 74.7 Å². The first kappa shape index (κ1) is 26.4. The molecule has 0 bridgehead atoms. The van der Waals surface area contributed by atoms with Crippen molar-refractivity contribution < 1.29 is 9.59 Å². The highest BCUT2D eigenvalue weighted by molar-refractivity contribution is 6.25. The van der Waals surface area contributed by atoms with Gasteiger partial charge in [-0.2, -0.15) is 0 Å². The van der Waals surface area contributed by atoms with E-state index in [1.807, 2.05) is 18.2 Å². The SMILES string of the molecule is CCCCCCCCCN1C(=O)c2cccc3c(CCCCCCCCCN)ccc(c23)C1=O. The van der Waals surface area contributed by atoms with Gasteiger partial charge in [-0.25, -0.2) is 0 Å². The summed E-state index contributed by atoms with van der Waals surface area (Å²) >= 11 is 0. The van der Waals surface area contributed by atoms with E-state index < -0.39 is 0 Å². The zero-order valence-corrected chi connectivity index (χ0v) is 21.2. The first-order valence-corrected chi connectivity index (χ1v) is 13.8. The van der Waals surface area contributed by atoms with Crippen LogP contribution in [0.3, 0.4) is 0 Å². The largest absolute Gasteiger partial charge is 0.330 e. The van der Waals surface area contributed by atoms with Gasteiger partial charge in [-0.15, -0.1) is 0 Å². The number of benzene rings is 2. The minimum absolute atomic E-state index is 0.122. The fourth-order valence-corrected chi connectivity index (χ4v) is 5.20. The third kappa shape index (κ3) is 6.91. The van der Waals surface area contributed by atoms with Crippen molar-refractivity contribution in [2.75, 3.05) is 13.1 Å². The Labute approximate surface area is 206 Å². The lowest BCUT2D eigenvalue weighted by atomic mass is 9.89. The average Bonchev–Trinajstić information content (AvgIpc) is 2.85. The molecule has 0 saturated carbocycles. The molecule has 0 aliphatic carbocycles. The molecule has 1 aliphatic rings. The van der Waals surface area contributed by atoms with Crippen molar-refractivity contribution in [1.29, 1.82) is 0 Å². The Balaban J connectivity index is 1.58. The van der Waals surface area contributed by atoms with Crippen molar-refractivity contribution in [3.63, 3.8) is 0 Å². The number of hydrogen-bond acceptors (Lipinski definition) is 3. The summed E-state index contributed by atoms with van der Waals surface area (Å²) in [6, 6.07) is 10.0. The van der Waals surface area contributed by atoms with Crippen molar-refractivity contribution in [2.24, 2.45) is 5.73 Å². The molecule has 2 aromatic rings. The fraction of sp³-hybridized carbons (Fsp3) is 0.600. The van der Waals surface area contributed by atoms with Gasteiger partial charge in [0, 0.05) is 23.1 Å². The molecule has 0 unspecified atom stereocenters. The van der Waals surface area contributed by atoms with Crippen LogP contribution in [0.5, 0.6) is 0 Å². The third-order valence-corrected chi connectivity index (χ3v) is 7.22. The lowest BCUT2D eigenvalue weighted by Crippen LogP contribution is -2.40. The van der Waals surface area contributed by atoms with Gasteiger partial charge in [-0.3, -0.25) is 14.5 Å². The van der Waals surface area contributed by atoms with Crippen molar-refractivity contribution in [3.8, 4) is 0 Å². The Kier molecular flexibility index (Phi) is 11.1. The molecular formula is C30H44N2O2. The highest BCUT2D eigenvalue weighted by atomic mass is 16.2. The first-order valence-electron chi connectivity index (χ1n) is 13.8. The molecule has 2 N–H and O–H groups in total. The number of carbonyl (C=O) groups excluding carboxylic acids is 2. The molecule has 186 valence electrons. The van der Waals surface area contributed by atoms with Crippen LogP contribution in [0, 0.1) is 0 Å². The number of nitrogens with two attached hydrogens (primary N) is 1. The average molecular weight is 465 g/mol. The standard InChI is InChI=1S/C30H44N2O2/c1-2-3-4-5-9-12-15-23-32-29(33)26-19-16-18-25-24(20-21-27(28(25)26)30(32)34)17-13-10-7-6-8-11-14-22-31/h16,18-21H,2-15,17,22-23,31H2,1H3. The van der Waals surface area contributed by atoms with Crippen LogP contribution >= 0.6 is 0 Å². The Morgan fingerprint density at radius 2 is 1.26 bits per heavy atom. The van der Waals surface area contributed by atoms with Crippen LogP contribution in [-0.2, 0) is 6.42 Å². The predicted molar refractivity (Wildman–Crippen MR) is 142 cm³/mol. The summed E-state index contributed by atoms with van der Waals surface area (Å²) in [5.74, 6) is -0.243. The first-order chi connectivity index (χ1) is 16.7. The molecule has 0 spiro atoms. The lowest BCUT2D eigenvalue weighted by Gasteiger charge is -2.28. The molecule has 0 radical (unpaired) electrons. The number of aryl methyl sites for hydroxylation is 1. The van der Waals surface area contributed by atoms with Gasteiger partial charge in [0.05, 0.1) is 0 Å². The topological polar surface area (TPSA) is 63.4 Å². The highest BCUT2D eigenvalue weighted by Gasteiger charge is 2.32. The van der Waals surface area contributed by atoms with Gasteiger partial charge in [0.1, 0.15) is 0 Å². The molecule has 0 saturated heterocycles. The number of rotatable bonds is 17. The Hall–Kier alpha value is -2.20. The zero-order chi connectivity index (χ0) is 24.2. The summed E-state index contributed by atoms with van der Waals surface area (Å²) in [6.45, 7) is 3.55. The van der Waals surface area contributed by atoms with E-state index in [1.54, 1.807) is 0 Å². The normalized spacial score (nSPS) is 13.3. The van der Waals surface area contributed by atoms with Crippen LogP contribution < -0.4 is 5.73 Å². The van der Waals surface area contributed by atoms with Gasteiger partial charge in [-0.05, 0) is 55.3 Å². The molecule has 4 nitrogen and oxygen atoms in total. The molecule has 34 heavy (non-hydrogen) atoms. The van der Waals surface area contributed by atoms with Crippen LogP contribution in [0.1, 0.15) is 123 Å². The summed E-state index contributed by atoms with van der Waals surface area (Å²) in [5.41, 5.74) is 8.20. The maximum Gasteiger partial charge on any atom is 0.261 e. The Morgan fingerprint density at radius 3 is 1.94 bits per heavy atom. The van der Waals surface area contributed by atoms with Gasteiger partial charge in [-0.1, -0.05) is 95.8 Å². The van der Waals surface area contributed by atoms with Gasteiger partial charge in [0.2, 0.25) is 0 Å². The molecule has 4 heteroatoms. The van der Waals surface area contributed by atoms with Crippen LogP contribution in [-0.4, -0.2) is 29.8 Å². The second kappa shape index (κ2) is 14.3. The van der Waals surface area contributed by atoms with Gasteiger partial charge < -0.3 is 5.73 Å². The smallest absolute Gasteiger partial charge is 0.261 e. The number of amides is 2. The van der Waals surface area contributed by atoms with Crippen molar-refractivity contribution >= 4 is 22.6 Å². The molecule has 2 aromatic carbocycles.